The van der Waals surface area contributed by atoms with Crippen LogP contribution in [-0.4, -0.2) is 24.4 Å². The molecule has 2 amide bonds. The Labute approximate surface area is 170 Å². The van der Waals surface area contributed by atoms with E-state index in [-0.39, 0.29) is 11.8 Å². The first kappa shape index (κ1) is 20.5. The molecular formula is C23H26N4O2. The smallest absolute Gasteiger partial charge is 0.251 e. The highest BCUT2D eigenvalue weighted by Gasteiger charge is 2.25. The Hall–Kier alpha value is -3.22. The van der Waals surface area contributed by atoms with E-state index < -0.39 is 12.1 Å². The van der Waals surface area contributed by atoms with Crippen molar-refractivity contribution in [2.75, 3.05) is 11.9 Å². The fraction of sp³-hybridized carbons (Fsp3) is 0.217. The van der Waals surface area contributed by atoms with Gasteiger partial charge in [0.1, 0.15) is 6.04 Å². The van der Waals surface area contributed by atoms with Crippen molar-refractivity contribution in [1.29, 1.82) is 0 Å². The molecule has 6 heteroatoms. The largest absolute Gasteiger partial charge is 0.339 e. The molecule has 0 aliphatic carbocycles. The van der Waals surface area contributed by atoms with E-state index in [4.69, 9.17) is 11.5 Å². The SMILES string of the molecule is NCCC[C@@H](N)C(=O)NC(C(=O)Nc1ccc2ccccc2c1)c1ccccc1. The number of nitrogens with one attached hydrogen (secondary N) is 2. The molecule has 3 rings (SSSR count). The maximum atomic E-state index is 13.0. The summed E-state index contributed by atoms with van der Waals surface area (Å²) in [7, 11) is 0. The quantitative estimate of drug-likeness (QED) is 0.474. The van der Waals surface area contributed by atoms with Crippen molar-refractivity contribution in [2.45, 2.75) is 24.9 Å². The molecule has 0 spiro atoms. The molecule has 3 aromatic carbocycles. The predicted molar refractivity (Wildman–Crippen MR) is 116 cm³/mol. The second-order valence-corrected chi connectivity index (χ2v) is 6.94. The summed E-state index contributed by atoms with van der Waals surface area (Å²) in [5.74, 6) is -0.702. The van der Waals surface area contributed by atoms with Gasteiger partial charge in [0.2, 0.25) is 5.91 Å². The van der Waals surface area contributed by atoms with Crippen LogP contribution in [-0.2, 0) is 9.59 Å². The van der Waals surface area contributed by atoms with Gasteiger partial charge in [-0.2, -0.15) is 0 Å². The van der Waals surface area contributed by atoms with Crippen molar-refractivity contribution in [3.63, 3.8) is 0 Å². The third kappa shape index (κ3) is 5.40. The average molecular weight is 390 g/mol. The summed E-state index contributed by atoms with van der Waals surface area (Å²) in [6.45, 7) is 0.464. The molecule has 0 fully saturated rings. The van der Waals surface area contributed by atoms with E-state index in [1.165, 1.54) is 0 Å². The minimum absolute atomic E-state index is 0.328. The molecule has 0 saturated carbocycles. The van der Waals surface area contributed by atoms with Crippen molar-refractivity contribution >= 4 is 28.3 Å². The summed E-state index contributed by atoms with van der Waals surface area (Å²) >= 11 is 0. The number of anilines is 1. The highest BCUT2D eigenvalue weighted by atomic mass is 16.2. The maximum Gasteiger partial charge on any atom is 0.251 e. The van der Waals surface area contributed by atoms with Crippen LogP contribution >= 0.6 is 0 Å². The van der Waals surface area contributed by atoms with Gasteiger partial charge in [0.15, 0.2) is 0 Å². The molecule has 1 unspecified atom stereocenters. The number of nitrogens with two attached hydrogens (primary N) is 2. The number of carbonyl (C=O) groups is 2. The molecule has 0 aliphatic rings. The fourth-order valence-corrected chi connectivity index (χ4v) is 3.15. The van der Waals surface area contributed by atoms with Crippen LogP contribution in [0, 0.1) is 0 Å². The highest BCUT2D eigenvalue weighted by molar-refractivity contribution is 6.00. The molecule has 6 N–H and O–H groups in total. The van der Waals surface area contributed by atoms with Crippen LogP contribution in [0.15, 0.2) is 72.8 Å². The normalized spacial score (nSPS) is 12.9. The van der Waals surface area contributed by atoms with Gasteiger partial charge in [-0.3, -0.25) is 9.59 Å². The zero-order valence-electron chi connectivity index (χ0n) is 16.2. The van der Waals surface area contributed by atoms with Gasteiger partial charge >= 0.3 is 0 Å². The van der Waals surface area contributed by atoms with E-state index in [1.807, 2.05) is 60.7 Å². The number of carbonyl (C=O) groups excluding carboxylic acids is 2. The first-order chi connectivity index (χ1) is 14.1. The standard InChI is InChI=1S/C23H26N4O2/c24-14-6-11-20(25)22(28)27-21(17-8-2-1-3-9-17)23(29)26-19-13-12-16-7-4-5-10-18(16)15-19/h1-5,7-10,12-13,15,20-21H,6,11,14,24-25H2,(H,26,29)(H,27,28)/t20-,21?/m1/s1. The molecule has 0 aromatic heterocycles. The first-order valence-electron chi connectivity index (χ1n) is 9.69. The average Bonchev–Trinajstić information content (AvgIpc) is 2.76. The minimum atomic E-state index is -0.848. The Morgan fingerprint density at radius 3 is 2.28 bits per heavy atom. The van der Waals surface area contributed by atoms with E-state index in [2.05, 4.69) is 10.6 Å². The van der Waals surface area contributed by atoms with Gasteiger partial charge < -0.3 is 22.1 Å². The van der Waals surface area contributed by atoms with Crippen molar-refractivity contribution in [3.8, 4) is 0 Å². The topological polar surface area (TPSA) is 110 Å². The summed E-state index contributed by atoms with van der Waals surface area (Å²) in [5, 5.41) is 7.80. The highest BCUT2D eigenvalue weighted by Crippen LogP contribution is 2.21. The van der Waals surface area contributed by atoms with Crippen LogP contribution in [0.4, 0.5) is 5.69 Å². The number of rotatable bonds is 8. The summed E-state index contributed by atoms with van der Waals surface area (Å²) < 4.78 is 0. The van der Waals surface area contributed by atoms with Crippen LogP contribution in [0.25, 0.3) is 10.8 Å². The lowest BCUT2D eigenvalue weighted by atomic mass is 10.0. The predicted octanol–water partition coefficient (Wildman–Crippen LogP) is 2.70. The lowest BCUT2D eigenvalue weighted by Gasteiger charge is -2.21. The second kappa shape index (κ2) is 9.82. The Balaban J connectivity index is 1.79. The van der Waals surface area contributed by atoms with E-state index >= 15 is 0 Å². The van der Waals surface area contributed by atoms with Crippen LogP contribution < -0.4 is 22.1 Å². The van der Waals surface area contributed by atoms with Crippen LogP contribution in [0.5, 0.6) is 0 Å². The van der Waals surface area contributed by atoms with E-state index in [9.17, 15) is 9.59 Å². The number of hydrogen-bond donors (Lipinski definition) is 4. The maximum absolute atomic E-state index is 13.0. The molecule has 0 aliphatic heterocycles. The van der Waals surface area contributed by atoms with Crippen molar-refractivity contribution in [1.82, 2.24) is 5.32 Å². The Bertz CT molecular complexity index is 975. The third-order valence-corrected chi connectivity index (χ3v) is 4.75. The molecule has 0 bridgehead atoms. The second-order valence-electron chi connectivity index (χ2n) is 6.94. The Morgan fingerprint density at radius 2 is 1.55 bits per heavy atom. The Kier molecular flexibility index (Phi) is 6.94. The molecular weight excluding hydrogens is 364 g/mol. The van der Waals surface area contributed by atoms with Gasteiger partial charge in [-0.25, -0.2) is 0 Å². The lowest BCUT2D eigenvalue weighted by Crippen LogP contribution is -2.45. The summed E-state index contributed by atoms with van der Waals surface area (Å²) in [5.41, 5.74) is 12.8. The molecule has 0 heterocycles. The van der Waals surface area contributed by atoms with Crippen LogP contribution in [0.2, 0.25) is 0 Å². The first-order valence-corrected chi connectivity index (χ1v) is 9.69. The number of fused-ring (bicyclic) bond motifs is 1. The molecule has 150 valence electrons. The molecule has 6 nitrogen and oxygen atoms in total. The molecule has 3 aromatic rings. The van der Waals surface area contributed by atoms with Crippen molar-refractivity contribution in [2.24, 2.45) is 11.5 Å². The minimum Gasteiger partial charge on any atom is -0.339 e. The van der Waals surface area contributed by atoms with E-state index in [0.29, 0.717) is 30.6 Å². The van der Waals surface area contributed by atoms with E-state index in [0.717, 1.165) is 10.8 Å². The van der Waals surface area contributed by atoms with Gasteiger partial charge in [-0.1, -0.05) is 60.7 Å². The molecule has 0 saturated heterocycles. The zero-order chi connectivity index (χ0) is 20.6. The van der Waals surface area contributed by atoms with Crippen LogP contribution in [0.1, 0.15) is 24.4 Å². The lowest BCUT2D eigenvalue weighted by molar-refractivity contribution is -0.127. The summed E-state index contributed by atoms with van der Waals surface area (Å²) in [6, 6.07) is 21.2. The van der Waals surface area contributed by atoms with Gasteiger partial charge in [-0.15, -0.1) is 0 Å². The number of amides is 2. The van der Waals surface area contributed by atoms with Crippen LogP contribution in [0.3, 0.4) is 0 Å². The monoisotopic (exact) mass is 390 g/mol. The zero-order valence-corrected chi connectivity index (χ0v) is 16.2. The summed E-state index contributed by atoms with van der Waals surface area (Å²) in [6.07, 6.45) is 1.12. The van der Waals surface area contributed by atoms with Crippen molar-refractivity contribution < 1.29 is 9.59 Å². The number of hydrogen-bond acceptors (Lipinski definition) is 4. The van der Waals surface area contributed by atoms with Gasteiger partial charge in [-0.05, 0) is 47.9 Å². The van der Waals surface area contributed by atoms with Crippen molar-refractivity contribution in [3.05, 3.63) is 78.4 Å². The fourth-order valence-electron chi connectivity index (χ4n) is 3.15. The third-order valence-electron chi connectivity index (χ3n) is 4.75. The number of benzene rings is 3. The Morgan fingerprint density at radius 1 is 0.862 bits per heavy atom. The van der Waals surface area contributed by atoms with Gasteiger partial charge in [0.25, 0.3) is 5.91 Å². The molecule has 0 radical (unpaired) electrons. The van der Waals surface area contributed by atoms with Gasteiger partial charge in [0, 0.05) is 5.69 Å². The van der Waals surface area contributed by atoms with Gasteiger partial charge in [0.05, 0.1) is 6.04 Å². The van der Waals surface area contributed by atoms with E-state index in [1.54, 1.807) is 12.1 Å². The summed E-state index contributed by atoms with van der Waals surface area (Å²) in [4.78, 5) is 25.5. The molecule has 2 atom stereocenters. The molecule has 29 heavy (non-hydrogen) atoms.